The minimum Gasteiger partial charge on any atom is -0.478 e. The SMILES string of the molecule is CCCCCC[C@H](C)c1cc(C(=O)O)ccc1-c1ccc(-c2ccc(C(=O)O)cc2)cc1[C@@H](C)CCCCCC. The first kappa shape index (κ1) is 31.1. The zero-order chi connectivity index (χ0) is 29.1. The van der Waals surface area contributed by atoms with Crippen molar-refractivity contribution < 1.29 is 19.8 Å². The van der Waals surface area contributed by atoms with Crippen molar-refractivity contribution in [2.75, 3.05) is 0 Å². The minimum absolute atomic E-state index is 0.252. The first-order chi connectivity index (χ1) is 19.3. The highest BCUT2D eigenvalue weighted by Gasteiger charge is 2.20. The van der Waals surface area contributed by atoms with Crippen molar-refractivity contribution in [1.29, 1.82) is 0 Å². The maximum Gasteiger partial charge on any atom is 0.335 e. The molecule has 214 valence electrons. The van der Waals surface area contributed by atoms with E-state index in [1.807, 2.05) is 24.3 Å². The van der Waals surface area contributed by atoms with Gasteiger partial charge in [0, 0.05) is 0 Å². The number of rotatable bonds is 16. The van der Waals surface area contributed by atoms with Gasteiger partial charge in [0.15, 0.2) is 0 Å². The molecule has 4 heteroatoms. The Hall–Kier alpha value is -3.40. The van der Waals surface area contributed by atoms with Crippen molar-refractivity contribution in [2.24, 2.45) is 0 Å². The van der Waals surface area contributed by atoms with Crippen LogP contribution in [0, 0.1) is 0 Å². The Balaban J connectivity index is 2.08. The van der Waals surface area contributed by atoms with E-state index in [4.69, 9.17) is 0 Å². The predicted octanol–water partition coefficient (Wildman–Crippen LogP) is 10.6. The van der Waals surface area contributed by atoms with Gasteiger partial charge in [-0.15, -0.1) is 0 Å². The van der Waals surface area contributed by atoms with Gasteiger partial charge in [0.25, 0.3) is 0 Å². The lowest BCUT2D eigenvalue weighted by Gasteiger charge is -2.23. The molecule has 0 bridgehead atoms. The van der Waals surface area contributed by atoms with Crippen molar-refractivity contribution in [3.05, 3.63) is 82.9 Å². The lowest BCUT2D eigenvalue weighted by Crippen LogP contribution is -2.05. The molecule has 0 fully saturated rings. The molecule has 2 N–H and O–H groups in total. The maximum absolute atomic E-state index is 11.9. The van der Waals surface area contributed by atoms with Crippen LogP contribution < -0.4 is 0 Å². The van der Waals surface area contributed by atoms with Crippen LogP contribution in [0.15, 0.2) is 60.7 Å². The van der Waals surface area contributed by atoms with E-state index in [-0.39, 0.29) is 11.5 Å². The summed E-state index contributed by atoms with van der Waals surface area (Å²) in [5, 5.41) is 19.1. The molecule has 3 aromatic rings. The highest BCUT2D eigenvalue weighted by molar-refractivity contribution is 5.90. The molecule has 0 aliphatic carbocycles. The number of hydrogen-bond donors (Lipinski definition) is 2. The number of benzene rings is 3. The third-order valence-electron chi connectivity index (χ3n) is 8.15. The Kier molecular flexibility index (Phi) is 12.0. The molecule has 0 amide bonds. The van der Waals surface area contributed by atoms with Crippen molar-refractivity contribution in [1.82, 2.24) is 0 Å². The molecule has 0 heterocycles. The summed E-state index contributed by atoms with van der Waals surface area (Å²) in [5.41, 5.74) is 7.32. The van der Waals surface area contributed by atoms with Gasteiger partial charge in [-0.3, -0.25) is 0 Å². The van der Waals surface area contributed by atoms with Crippen molar-refractivity contribution in [3.63, 3.8) is 0 Å². The van der Waals surface area contributed by atoms with Crippen LogP contribution in [-0.2, 0) is 0 Å². The summed E-state index contributed by atoms with van der Waals surface area (Å²) < 4.78 is 0. The Morgan fingerprint density at radius 1 is 0.575 bits per heavy atom. The van der Waals surface area contributed by atoms with E-state index < -0.39 is 11.9 Å². The zero-order valence-corrected chi connectivity index (χ0v) is 24.7. The Morgan fingerprint density at radius 2 is 1.02 bits per heavy atom. The fourth-order valence-electron chi connectivity index (χ4n) is 5.61. The molecule has 0 radical (unpaired) electrons. The molecule has 0 saturated carbocycles. The van der Waals surface area contributed by atoms with Gasteiger partial charge in [-0.1, -0.05) is 115 Å². The average molecular weight is 543 g/mol. The first-order valence-corrected chi connectivity index (χ1v) is 15.1. The third-order valence-corrected chi connectivity index (χ3v) is 8.15. The van der Waals surface area contributed by atoms with Crippen LogP contribution in [0.25, 0.3) is 22.3 Å². The fraction of sp³-hybridized carbons (Fsp3) is 0.444. The van der Waals surface area contributed by atoms with Crippen LogP contribution >= 0.6 is 0 Å². The first-order valence-electron chi connectivity index (χ1n) is 15.1. The average Bonchev–Trinajstić information content (AvgIpc) is 2.96. The smallest absolute Gasteiger partial charge is 0.335 e. The third kappa shape index (κ3) is 8.30. The summed E-state index contributed by atoms with van der Waals surface area (Å²) in [5.74, 6) is -1.24. The molecule has 0 aliphatic heterocycles. The number of carboxylic acids is 2. The highest BCUT2D eigenvalue weighted by atomic mass is 16.4. The normalized spacial score (nSPS) is 12.7. The topological polar surface area (TPSA) is 74.6 Å². The molecular formula is C36H46O4. The number of carboxylic acid groups (broad SMARTS) is 2. The van der Waals surface area contributed by atoms with Gasteiger partial charge in [-0.05, 0) is 82.3 Å². The highest BCUT2D eigenvalue weighted by Crippen LogP contribution is 2.40. The largest absolute Gasteiger partial charge is 0.478 e. The van der Waals surface area contributed by atoms with Gasteiger partial charge < -0.3 is 10.2 Å². The number of aromatic carboxylic acids is 2. The molecule has 0 aliphatic rings. The van der Waals surface area contributed by atoms with Crippen LogP contribution in [0.5, 0.6) is 0 Å². The van der Waals surface area contributed by atoms with E-state index in [1.165, 1.54) is 56.1 Å². The van der Waals surface area contributed by atoms with E-state index in [0.717, 1.165) is 41.5 Å². The lowest BCUT2D eigenvalue weighted by molar-refractivity contribution is 0.0686. The molecule has 0 saturated heterocycles. The molecule has 2 atom stereocenters. The van der Waals surface area contributed by atoms with Gasteiger partial charge >= 0.3 is 11.9 Å². The van der Waals surface area contributed by atoms with Crippen molar-refractivity contribution >= 4 is 11.9 Å². The van der Waals surface area contributed by atoms with Crippen LogP contribution in [-0.4, -0.2) is 22.2 Å². The Morgan fingerprint density at radius 3 is 1.52 bits per heavy atom. The molecule has 0 unspecified atom stereocenters. The standard InChI is InChI=1S/C36H46O4/c1-5-7-9-11-13-25(3)33-23-29(27-15-17-28(18-16-27)35(37)38)19-21-31(33)32-22-20-30(36(39)40)24-34(32)26(4)14-12-10-8-6-2/h15-26H,5-14H2,1-4H3,(H,37,38)(H,39,40)/t25-,26-/m0/s1. The predicted molar refractivity (Wildman–Crippen MR) is 166 cm³/mol. The minimum atomic E-state index is -0.926. The molecule has 3 aromatic carbocycles. The molecular weight excluding hydrogens is 496 g/mol. The van der Waals surface area contributed by atoms with E-state index >= 15 is 0 Å². The second-order valence-corrected chi connectivity index (χ2v) is 11.3. The number of carbonyl (C=O) groups is 2. The second-order valence-electron chi connectivity index (χ2n) is 11.3. The van der Waals surface area contributed by atoms with Crippen LogP contribution in [0.2, 0.25) is 0 Å². The van der Waals surface area contributed by atoms with Crippen LogP contribution in [0.4, 0.5) is 0 Å². The number of unbranched alkanes of at least 4 members (excludes halogenated alkanes) is 6. The van der Waals surface area contributed by atoms with Gasteiger partial charge in [0.1, 0.15) is 0 Å². The molecule has 4 nitrogen and oxygen atoms in total. The molecule has 0 aromatic heterocycles. The summed E-state index contributed by atoms with van der Waals surface area (Å²) >= 11 is 0. The number of hydrogen-bond acceptors (Lipinski definition) is 2. The zero-order valence-electron chi connectivity index (χ0n) is 24.7. The van der Waals surface area contributed by atoms with Crippen LogP contribution in [0.1, 0.15) is 136 Å². The van der Waals surface area contributed by atoms with Crippen LogP contribution in [0.3, 0.4) is 0 Å². The second kappa shape index (κ2) is 15.4. The molecule has 3 rings (SSSR count). The summed E-state index contributed by atoms with van der Waals surface area (Å²) in [6.07, 6.45) is 11.7. The maximum atomic E-state index is 11.9. The van der Waals surface area contributed by atoms with E-state index in [2.05, 4.69) is 45.9 Å². The van der Waals surface area contributed by atoms with Gasteiger partial charge in [-0.2, -0.15) is 0 Å². The van der Waals surface area contributed by atoms with E-state index in [9.17, 15) is 19.8 Å². The summed E-state index contributed by atoms with van der Waals surface area (Å²) in [6, 6.07) is 19.2. The lowest BCUT2D eigenvalue weighted by atomic mass is 9.81. The monoisotopic (exact) mass is 542 g/mol. The summed E-state index contributed by atoms with van der Waals surface area (Å²) in [4.78, 5) is 23.3. The Bertz CT molecular complexity index is 1260. The summed E-state index contributed by atoms with van der Waals surface area (Å²) in [7, 11) is 0. The summed E-state index contributed by atoms with van der Waals surface area (Å²) in [6.45, 7) is 8.96. The van der Waals surface area contributed by atoms with Gasteiger partial charge in [0.05, 0.1) is 11.1 Å². The quantitative estimate of drug-likeness (QED) is 0.177. The van der Waals surface area contributed by atoms with Crippen molar-refractivity contribution in [3.8, 4) is 22.3 Å². The van der Waals surface area contributed by atoms with Gasteiger partial charge in [-0.25, -0.2) is 9.59 Å². The fourth-order valence-corrected chi connectivity index (χ4v) is 5.61. The van der Waals surface area contributed by atoms with E-state index in [1.54, 1.807) is 18.2 Å². The van der Waals surface area contributed by atoms with Crippen molar-refractivity contribution in [2.45, 2.75) is 104 Å². The molecule has 0 spiro atoms. The van der Waals surface area contributed by atoms with E-state index in [0.29, 0.717) is 11.5 Å². The van der Waals surface area contributed by atoms with Gasteiger partial charge in [0.2, 0.25) is 0 Å². The Labute approximate surface area is 240 Å². The molecule has 40 heavy (non-hydrogen) atoms.